The van der Waals surface area contributed by atoms with Gasteiger partial charge in [0.1, 0.15) is 0 Å². The lowest BCUT2D eigenvalue weighted by Gasteiger charge is -2.29. The Bertz CT molecular complexity index is 663. The van der Waals surface area contributed by atoms with Gasteiger partial charge in [-0.05, 0) is 43.9 Å². The first-order chi connectivity index (χ1) is 10.3. The number of pyridine rings is 1. The highest BCUT2D eigenvalue weighted by Crippen LogP contribution is 2.24. The van der Waals surface area contributed by atoms with Gasteiger partial charge in [0, 0.05) is 17.3 Å². The summed E-state index contributed by atoms with van der Waals surface area (Å²) >= 11 is 0. The van der Waals surface area contributed by atoms with Crippen LogP contribution in [0.25, 0.3) is 0 Å². The van der Waals surface area contributed by atoms with Crippen molar-refractivity contribution in [3.63, 3.8) is 0 Å². The zero-order valence-electron chi connectivity index (χ0n) is 14.1. The molecule has 1 heterocycles. The Morgan fingerprint density at radius 3 is 2.09 bits per heavy atom. The molecule has 2 aromatic rings. The van der Waals surface area contributed by atoms with Crippen LogP contribution in [-0.2, 0) is 0 Å². The van der Waals surface area contributed by atoms with Crippen molar-refractivity contribution in [3.05, 3.63) is 69.6 Å². The first-order valence-corrected chi connectivity index (χ1v) is 7.83. The Balaban J connectivity index is 2.45. The van der Waals surface area contributed by atoms with Crippen LogP contribution in [0.3, 0.4) is 0 Å². The van der Waals surface area contributed by atoms with Crippen molar-refractivity contribution < 1.29 is 0 Å². The van der Waals surface area contributed by atoms with E-state index in [0.717, 1.165) is 11.1 Å². The van der Waals surface area contributed by atoms with Gasteiger partial charge in [0.05, 0.1) is 6.04 Å². The van der Waals surface area contributed by atoms with E-state index < -0.39 is 0 Å². The Morgan fingerprint density at radius 1 is 1.00 bits per heavy atom. The van der Waals surface area contributed by atoms with Crippen molar-refractivity contribution in [1.82, 2.24) is 10.3 Å². The molecule has 2 N–H and O–H groups in total. The van der Waals surface area contributed by atoms with Gasteiger partial charge in [-0.3, -0.25) is 4.79 Å². The van der Waals surface area contributed by atoms with E-state index in [1.807, 2.05) is 12.1 Å². The van der Waals surface area contributed by atoms with Crippen LogP contribution < -0.4 is 10.9 Å². The fourth-order valence-corrected chi connectivity index (χ4v) is 2.51. The molecule has 3 heteroatoms. The van der Waals surface area contributed by atoms with E-state index in [2.05, 4.69) is 69.2 Å². The molecule has 0 aliphatic carbocycles. The van der Waals surface area contributed by atoms with Gasteiger partial charge < -0.3 is 10.3 Å². The van der Waals surface area contributed by atoms with Crippen LogP contribution in [0.15, 0.2) is 47.4 Å². The highest BCUT2D eigenvalue weighted by molar-refractivity contribution is 5.33. The van der Waals surface area contributed by atoms with Crippen molar-refractivity contribution in [2.75, 3.05) is 0 Å². The van der Waals surface area contributed by atoms with E-state index in [1.165, 1.54) is 5.56 Å². The molecule has 1 aromatic heterocycles. The average molecular weight is 298 g/mol. The average Bonchev–Trinajstić information content (AvgIpc) is 2.45. The Morgan fingerprint density at radius 2 is 1.59 bits per heavy atom. The molecule has 0 spiro atoms. The molecular weight excluding hydrogens is 272 g/mol. The van der Waals surface area contributed by atoms with Gasteiger partial charge in [0.2, 0.25) is 0 Å². The lowest BCUT2D eigenvalue weighted by molar-refractivity contribution is 0.389. The summed E-state index contributed by atoms with van der Waals surface area (Å²) in [6.07, 6.45) is 1.67. The number of hydrogen-bond donors (Lipinski definition) is 2. The third-order valence-corrected chi connectivity index (χ3v) is 3.67. The highest BCUT2D eigenvalue weighted by Gasteiger charge is 2.22. The maximum absolute atomic E-state index is 12.2. The van der Waals surface area contributed by atoms with E-state index in [-0.39, 0.29) is 17.1 Å². The quantitative estimate of drug-likeness (QED) is 0.897. The number of benzene rings is 1. The number of rotatable bonds is 4. The van der Waals surface area contributed by atoms with Gasteiger partial charge in [-0.25, -0.2) is 0 Å². The summed E-state index contributed by atoms with van der Waals surface area (Å²) in [5.74, 6) is 0.503. The van der Waals surface area contributed by atoms with E-state index in [0.29, 0.717) is 5.92 Å². The largest absolute Gasteiger partial charge is 0.329 e. The SMILES string of the molecule is CC(C)c1ccc(C(NC(C)(C)C)c2ccc[nH]c2=O)cc1. The summed E-state index contributed by atoms with van der Waals surface area (Å²) in [7, 11) is 0. The molecule has 22 heavy (non-hydrogen) atoms. The van der Waals surface area contributed by atoms with Gasteiger partial charge in [0.25, 0.3) is 5.56 Å². The van der Waals surface area contributed by atoms with E-state index in [4.69, 9.17) is 0 Å². The maximum Gasteiger partial charge on any atom is 0.253 e. The second-order valence-electron chi connectivity index (χ2n) is 7.10. The maximum atomic E-state index is 12.2. The number of hydrogen-bond acceptors (Lipinski definition) is 2. The van der Waals surface area contributed by atoms with Crippen molar-refractivity contribution in [1.29, 1.82) is 0 Å². The normalized spacial score (nSPS) is 13.4. The zero-order valence-corrected chi connectivity index (χ0v) is 14.1. The fourth-order valence-electron chi connectivity index (χ4n) is 2.51. The second-order valence-corrected chi connectivity index (χ2v) is 7.10. The summed E-state index contributed by atoms with van der Waals surface area (Å²) < 4.78 is 0. The Hall–Kier alpha value is -1.87. The van der Waals surface area contributed by atoms with Crippen LogP contribution in [0.4, 0.5) is 0 Å². The first-order valence-electron chi connectivity index (χ1n) is 7.83. The molecular formula is C19H26N2O. The molecule has 1 unspecified atom stereocenters. The number of aromatic amines is 1. The van der Waals surface area contributed by atoms with E-state index in [9.17, 15) is 4.79 Å². The molecule has 0 aliphatic rings. The topological polar surface area (TPSA) is 44.9 Å². The number of aromatic nitrogens is 1. The van der Waals surface area contributed by atoms with Crippen LogP contribution in [0, 0.1) is 0 Å². The summed E-state index contributed by atoms with van der Waals surface area (Å²) in [6, 6.07) is 12.2. The third-order valence-electron chi connectivity index (χ3n) is 3.67. The number of H-pyrrole nitrogens is 1. The summed E-state index contributed by atoms with van der Waals surface area (Å²) in [5.41, 5.74) is 3.02. The Kier molecular flexibility index (Phi) is 4.87. The molecule has 1 aromatic carbocycles. The molecule has 0 saturated carbocycles. The summed E-state index contributed by atoms with van der Waals surface area (Å²) in [4.78, 5) is 15.0. The van der Waals surface area contributed by atoms with Gasteiger partial charge in [-0.1, -0.05) is 44.2 Å². The lowest BCUT2D eigenvalue weighted by atomic mass is 9.94. The van der Waals surface area contributed by atoms with Gasteiger partial charge in [-0.15, -0.1) is 0 Å². The van der Waals surface area contributed by atoms with Crippen molar-refractivity contribution in [2.24, 2.45) is 0 Å². The highest BCUT2D eigenvalue weighted by atomic mass is 16.1. The molecule has 3 nitrogen and oxygen atoms in total. The molecule has 0 bridgehead atoms. The molecule has 118 valence electrons. The predicted molar refractivity (Wildman–Crippen MR) is 92.3 cm³/mol. The van der Waals surface area contributed by atoms with Crippen molar-refractivity contribution in [3.8, 4) is 0 Å². The number of nitrogens with one attached hydrogen (secondary N) is 2. The van der Waals surface area contributed by atoms with Crippen molar-refractivity contribution >= 4 is 0 Å². The minimum absolute atomic E-state index is 0.0443. The zero-order chi connectivity index (χ0) is 16.3. The van der Waals surface area contributed by atoms with Crippen LogP contribution in [0.2, 0.25) is 0 Å². The van der Waals surface area contributed by atoms with E-state index in [1.54, 1.807) is 6.20 Å². The Labute approximate surface area is 132 Å². The molecule has 2 rings (SSSR count). The standard InChI is InChI=1S/C19H26N2O/c1-13(2)14-8-10-15(11-9-14)17(21-19(3,4)5)16-7-6-12-20-18(16)22/h6-13,17,21H,1-5H3,(H,20,22). The third kappa shape index (κ3) is 4.08. The molecule has 0 radical (unpaired) electrons. The predicted octanol–water partition coefficient (Wildman–Crippen LogP) is 3.98. The monoisotopic (exact) mass is 298 g/mol. The first kappa shape index (κ1) is 16.5. The molecule has 0 fully saturated rings. The second kappa shape index (κ2) is 6.49. The van der Waals surface area contributed by atoms with Gasteiger partial charge in [-0.2, -0.15) is 0 Å². The minimum atomic E-state index is -0.119. The smallest absolute Gasteiger partial charge is 0.253 e. The molecule has 0 aliphatic heterocycles. The summed E-state index contributed by atoms with van der Waals surface area (Å²) in [6.45, 7) is 10.7. The van der Waals surface area contributed by atoms with E-state index >= 15 is 0 Å². The van der Waals surface area contributed by atoms with Gasteiger partial charge >= 0.3 is 0 Å². The minimum Gasteiger partial charge on any atom is -0.329 e. The molecule has 1 atom stereocenters. The van der Waals surface area contributed by atoms with Crippen LogP contribution >= 0.6 is 0 Å². The van der Waals surface area contributed by atoms with Crippen LogP contribution in [0.5, 0.6) is 0 Å². The van der Waals surface area contributed by atoms with Crippen LogP contribution in [-0.4, -0.2) is 10.5 Å². The van der Waals surface area contributed by atoms with Crippen LogP contribution in [0.1, 0.15) is 63.3 Å². The lowest BCUT2D eigenvalue weighted by Crippen LogP contribution is -2.41. The molecule has 0 saturated heterocycles. The van der Waals surface area contributed by atoms with Gasteiger partial charge in [0.15, 0.2) is 0 Å². The van der Waals surface area contributed by atoms with Crippen molar-refractivity contribution in [2.45, 2.75) is 52.1 Å². The molecule has 0 amide bonds. The summed E-state index contributed by atoms with van der Waals surface area (Å²) in [5, 5.41) is 3.56. The fraction of sp³-hybridized carbons (Fsp3) is 0.421.